The zero-order valence-electron chi connectivity index (χ0n) is 25.9. The molecular weight excluding hydrogens is 556 g/mol. The van der Waals surface area contributed by atoms with Gasteiger partial charge in [0.05, 0.1) is 43.5 Å². The summed E-state index contributed by atoms with van der Waals surface area (Å²) in [5, 5.41) is 26.3. The van der Waals surface area contributed by atoms with Crippen LogP contribution in [-0.2, 0) is 33.3 Å². The van der Waals surface area contributed by atoms with Gasteiger partial charge in [-0.2, -0.15) is 0 Å². The van der Waals surface area contributed by atoms with Crippen LogP contribution in [0.25, 0.3) is 0 Å². The Kier molecular flexibility index (Phi) is 11.2. The second-order valence-electron chi connectivity index (χ2n) is 12.7. The molecule has 4 aliphatic rings. The highest BCUT2D eigenvalue weighted by molar-refractivity contribution is 5.87. The molecule has 11 nitrogen and oxygen atoms in total. The van der Waals surface area contributed by atoms with Crippen LogP contribution in [0.4, 0.5) is 0 Å². The lowest BCUT2D eigenvalue weighted by atomic mass is 9.86. The Morgan fingerprint density at radius 1 is 1.07 bits per heavy atom. The number of nitrogens with one attached hydrogen (secondary N) is 2. The average Bonchev–Trinajstić information content (AvgIpc) is 3.68. The van der Waals surface area contributed by atoms with Crippen LogP contribution in [0, 0.1) is 5.92 Å². The Morgan fingerprint density at radius 2 is 1.79 bits per heavy atom. The molecule has 0 bridgehead atoms. The van der Waals surface area contributed by atoms with E-state index in [1.807, 2.05) is 26.0 Å². The van der Waals surface area contributed by atoms with E-state index in [0.29, 0.717) is 32.3 Å². The van der Waals surface area contributed by atoms with Crippen LogP contribution < -0.4 is 10.6 Å². The number of carbonyl (C=O) groups is 3. The van der Waals surface area contributed by atoms with Gasteiger partial charge in [-0.15, -0.1) is 0 Å². The van der Waals surface area contributed by atoms with Crippen molar-refractivity contribution in [2.75, 3.05) is 6.61 Å². The van der Waals surface area contributed by atoms with Crippen molar-refractivity contribution in [1.82, 2.24) is 10.6 Å². The monoisotopic (exact) mass is 604 g/mol. The molecule has 1 saturated carbocycles. The highest BCUT2D eigenvalue weighted by atomic mass is 16.6. The highest BCUT2D eigenvalue weighted by Gasteiger charge is 2.58. The third-order valence-electron chi connectivity index (χ3n) is 8.82. The van der Waals surface area contributed by atoms with Gasteiger partial charge < -0.3 is 39.8 Å². The standard InChI is InChI=1S/C32H48N2O9/c1-18(6-9-27-19(2)12-26(21(4)42-27)34-29(37)11-8-20(3)41-22(5)35)7-10-28-31(39)32(17-40-32)16-25(43-28)15-30(38)33-23-13-24(36)14-23/h6-8,10-11,19-21,23-28,31,36,39H,9,12-17H2,1-5H3,(H,33,38)(H,34,37)/b10-7+,11-8-,18-6+/t19-,20-,21+,23?,24?,25+,26+,27-,28+,31+,32+/m0/s1. The number of rotatable bonds is 11. The minimum atomic E-state index is -0.813. The summed E-state index contributed by atoms with van der Waals surface area (Å²) in [5.74, 6) is -0.554. The molecule has 43 heavy (non-hydrogen) atoms. The number of allylic oxidation sites excluding steroid dienone is 2. The molecule has 3 saturated heterocycles. The second kappa shape index (κ2) is 14.5. The van der Waals surface area contributed by atoms with Gasteiger partial charge >= 0.3 is 5.97 Å². The van der Waals surface area contributed by atoms with E-state index in [-0.39, 0.29) is 60.7 Å². The number of hydrogen-bond donors (Lipinski definition) is 4. The summed E-state index contributed by atoms with van der Waals surface area (Å²) in [7, 11) is 0. The third kappa shape index (κ3) is 9.46. The van der Waals surface area contributed by atoms with Crippen LogP contribution in [0.2, 0.25) is 0 Å². The number of hydrogen-bond acceptors (Lipinski definition) is 9. The summed E-state index contributed by atoms with van der Waals surface area (Å²) in [5.41, 5.74) is 0.336. The van der Waals surface area contributed by atoms with E-state index in [1.54, 1.807) is 13.0 Å². The molecular formula is C32H48N2O9. The molecule has 1 aliphatic carbocycles. The van der Waals surface area contributed by atoms with Crippen molar-refractivity contribution >= 4 is 17.8 Å². The Bertz CT molecular complexity index is 1090. The molecule has 3 aliphatic heterocycles. The maximum absolute atomic E-state index is 12.5. The van der Waals surface area contributed by atoms with Gasteiger partial charge in [-0.3, -0.25) is 14.4 Å². The number of aliphatic hydroxyl groups is 2. The van der Waals surface area contributed by atoms with Crippen molar-refractivity contribution < 1.29 is 43.5 Å². The largest absolute Gasteiger partial charge is 0.459 e. The fraction of sp³-hybridized carbons (Fsp3) is 0.719. The maximum atomic E-state index is 12.5. The second-order valence-corrected chi connectivity index (χ2v) is 12.7. The van der Waals surface area contributed by atoms with Crippen molar-refractivity contribution in [3.63, 3.8) is 0 Å². The molecule has 0 aromatic rings. The molecule has 0 radical (unpaired) electrons. The van der Waals surface area contributed by atoms with Gasteiger partial charge in [0.1, 0.15) is 23.9 Å². The van der Waals surface area contributed by atoms with E-state index in [1.165, 1.54) is 13.0 Å². The minimum absolute atomic E-state index is 0.00893. The van der Waals surface area contributed by atoms with Crippen LogP contribution in [0.3, 0.4) is 0 Å². The molecule has 1 spiro atoms. The topological polar surface area (TPSA) is 156 Å². The minimum Gasteiger partial charge on any atom is -0.459 e. The molecule has 240 valence electrons. The third-order valence-corrected chi connectivity index (χ3v) is 8.82. The molecule has 9 atom stereocenters. The van der Waals surface area contributed by atoms with Gasteiger partial charge in [0, 0.05) is 25.5 Å². The van der Waals surface area contributed by atoms with Crippen LogP contribution >= 0.6 is 0 Å². The lowest BCUT2D eigenvalue weighted by Crippen LogP contribution is -2.52. The Labute approximate surface area is 254 Å². The molecule has 4 N–H and O–H groups in total. The fourth-order valence-electron chi connectivity index (χ4n) is 6.09. The van der Waals surface area contributed by atoms with E-state index in [9.17, 15) is 24.6 Å². The highest BCUT2D eigenvalue weighted by Crippen LogP contribution is 2.43. The van der Waals surface area contributed by atoms with Gasteiger partial charge in [0.15, 0.2) is 0 Å². The predicted molar refractivity (Wildman–Crippen MR) is 158 cm³/mol. The summed E-state index contributed by atoms with van der Waals surface area (Å²) in [6.45, 7) is 9.51. The SMILES string of the molecule is CC(=O)O[C@@H](C)/C=C\C(=O)N[C@@H]1C[C@H](C)[C@H](C/C=C(C)/C=C/[C@H]2O[C@H](CC(=O)NC3CC(O)C3)C[C@@]3(CO3)[C@@H]2O)O[C@@H]1C. The number of amides is 2. The smallest absolute Gasteiger partial charge is 0.303 e. The van der Waals surface area contributed by atoms with Crippen LogP contribution in [-0.4, -0.2) is 95.0 Å². The molecule has 4 rings (SSSR count). The van der Waals surface area contributed by atoms with Crippen molar-refractivity contribution in [1.29, 1.82) is 0 Å². The number of carbonyl (C=O) groups excluding carboxylic acids is 3. The molecule has 0 aromatic carbocycles. The summed E-state index contributed by atoms with van der Waals surface area (Å²) >= 11 is 0. The lowest BCUT2D eigenvalue weighted by molar-refractivity contribution is -0.146. The van der Waals surface area contributed by atoms with Gasteiger partial charge in [-0.05, 0) is 58.4 Å². The lowest BCUT2D eigenvalue weighted by Gasteiger charge is -2.39. The molecule has 4 fully saturated rings. The van der Waals surface area contributed by atoms with Gasteiger partial charge in [-0.25, -0.2) is 0 Å². The summed E-state index contributed by atoms with van der Waals surface area (Å²) in [4.78, 5) is 35.9. The molecule has 3 heterocycles. The van der Waals surface area contributed by atoms with Crippen molar-refractivity contribution in [2.24, 2.45) is 5.92 Å². The summed E-state index contributed by atoms with van der Waals surface area (Å²) in [6, 6.07) is -0.115. The first kappa shape index (κ1) is 33.3. The van der Waals surface area contributed by atoms with Gasteiger partial charge in [0.25, 0.3) is 0 Å². The van der Waals surface area contributed by atoms with Crippen LogP contribution in [0.5, 0.6) is 0 Å². The first-order valence-corrected chi connectivity index (χ1v) is 15.4. The van der Waals surface area contributed by atoms with Crippen LogP contribution in [0.1, 0.15) is 73.1 Å². The zero-order chi connectivity index (χ0) is 31.3. The molecule has 0 unspecified atom stereocenters. The Balaban J connectivity index is 1.24. The van der Waals surface area contributed by atoms with E-state index >= 15 is 0 Å². The Morgan fingerprint density at radius 3 is 2.44 bits per heavy atom. The van der Waals surface area contributed by atoms with Gasteiger partial charge in [-0.1, -0.05) is 30.7 Å². The fourth-order valence-corrected chi connectivity index (χ4v) is 6.09. The average molecular weight is 605 g/mol. The first-order valence-electron chi connectivity index (χ1n) is 15.4. The predicted octanol–water partition coefficient (Wildman–Crippen LogP) is 2.00. The summed E-state index contributed by atoms with van der Waals surface area (Å²) < 4.78 is 23.0. The number of aliphatic hydroxyl groups excluding tert-OH is 2. The quantitative estimate of drug-likeness (QED) is 0.120. The van der Waals surface area contributed by atoms with Gasteiger partial charge in [0.2, 0.25) is 11.8 Å². The van der Waals surface area contributed by atoms with Crippen molar-refractivity contribution in [2.45, 2.75) is 134 Å². The first-order chi connectivity index (χ1) is 20.3. The maximum Gasteiger partial charge on any atom is 0.303 e. The molecule has 2 amide bonds. The zero-order valence-corrected chi connectivity index (χ0v) is 25.9. The van der Waals surface area contributed by atoms with E-state index in [2.05, 4.69) is 23.6 Å². The van der Waals surface area contributed by atoms with E-state index < -0.39 is 29.9 Å². The van der Waals surface area contributed by atoms with E-state index in [4.69, 9.17) is 18.9 Å². The van der Waals surface area contributed by atoms with E-state index in [0.717, 1.165) is 12.0 Å². The normalized spacial score (nSPS) is 38.5. The molecule has 11 heteroatoms. The summed E-state index contributed by atoms with van der Waals surface area (Å²) in [6.07, 6.45) is 9.31. The Hall–Kier alpha value is -2.57. The van der Waals surface area contributed by atoms with Crippen molar-refractivity contribution in [3.05, 3.63) is 36.0 Å². The number of ether oxygens (including phenoxy) is 4. The van der Waals surface area contributed by atoms with Crippen molar-refractivity contribution in [3.8, 4) is 0 Å². The van der Waals surface area contributed by atoms with Crippen LogP contribution in [0.15, 0.2) is 36.0 Å². The molecule has 0 aromatic heterocycles. The number of epoxide rings is 1. The number of esters is 1.